The minimum Gasteiger partial charge on any atom is -0.480 e. The second-order valence-corrected chi connectivity index (χ2v) is 5.06. The number of hydrogen-bond donors (Lipinski definition) is 1. The Morgan fingerprint density at radius 2 is 2.28 bits per heavy atom. The topological polar surface area (TPSA) is 41.6 Å². The molecule has 1 aromatic carbocycles. The summed E-state index contributed by atoms with van der Waals surface area (Å²) in [5, 5.41) is 3.34. The van der Waals surface area contributed by atoms with Gasteiger partial charge in [0.2, 0.25) is 0 Å². The molecule has 2 aliphatic heterocycles. The maximum atomic E-state index is 12.4. The van der Waals surface area contributed by atoms with Gasteiger partial charge in [-0.05, 0) is 18.6 Å². The minimum absolute atomic E-state index is 0.125. The molecule has 4 nitrogen and oxygen atoms in total. The van der Waals surface area contributed by atoms with E-state index in [1.165, 1.54) is 0 Å². The van der Waals surface area contributed by atoms with Gasteiger partial charge in [-0.15, -0.1) is 0 Å². The van der Waals surface area contributed by atoms with E-state index in [-0.39, 0.29) is 12.0 Å². The van der Waals surface area contributed by atoms with Crippen molar-refractivity contribution < 1.29 is 9.53 Å². The molecule has 0 aliphatic carbocycles. The Hall–Kier alpha value is -1.55. The maximum Gasteiger partial charge on any atom is 0.264 e. The van der Waals surface area contributed by atoms with Crippen molar-refractivity contribution in [2.45, 2.75) is 25.5 Å². The lowest BCUT2D eigenvalue weighted by molar-refractivity contribution is -0.139. The molecule has 2 heterocycles. The van der Waals surface area contributed by atoms with Gasteiger partial charge < -0.3 is 15.0 Å². The van der Waals surface area contributed by atoms with Crippen LogP contribution in [0.25, 0.3) is 0 Å². The summed E-state index contributed by atoms with van der Waals surface area (Å²) >= 11 is 0. The van der Waals surface area contributed by atoms with E-state index in [2.05, 4.69) is 12.2 Å². The molecule has 0 radical (unpaired) electrons. The molecule has 18 heavy (non-hydrogen) atoms. The monoisotopic (exact) mass is 246 g/mol. The van der Waals surface area contributed by atoms with Gasteiger partial charge >= 0.3 is 0 Å². The van der Waals surface area contributed by atoms with Crippen molar-refractivity contribution in [3.05, 3.63) is 29.8 Å². The van der Waals surface area contributed by atoms with Gasteiger partial charge in [0.05, 0.1) is 0 Å². The van der Waals surface area contributed by atoms with E-state index in [4.69, 9.17) is 4.74 Å². The molecule has 1 fully saturated rings. The highest BCUT2D eigenvalue weighted by Gasteiger charge is 2.33. The molecule has 0 aromatic heterocycles. The van der Waals surface area contributed by atoms with Crippen LogP contribution >= 0.6 is 0 Å². The van der Waals surface area contributed by atoms with Crippen LogP contribution in [0.3, 0.4) is 0 Å². The summed E-state index contributed by atoms with van der Waals surface area (Å²) in [4.78, 5) is 14.3. The van der Waals surface area contributed by atoms with Crippen molar-refractivity contribution in [3.8, 4) is 5.75 Å². The standard InChI is InChI=1S/C14H18N2O2/c1-10-9-16(7-6-15-10)14(17)13-8-11-4-2-3-5-12(11)18-13/h2-5,10,13,15H,6-9H2,1H3/t10-,13-/m1/s1. The molecule has 2 atom stereocenters. The van der Waals surface area contributed by atoms with Gasteiger partial charge in [0.15, 0.2) is 6.10 Å². The van der Waals surface area contributed by atoms with Crippen LogP contribution < -0.4 is 10.1 Å². The van der Waals surface area contributed by atoms with Crippen molar-refractivity contribution in [1.29, 1.82) is 0 Å². The molecule has 2 aliphatic rings. The van der Waals surface area contributed by atoms with Crippen molar-refractivity contribution in [2.75, 3.05) is 19.6 Å². The number of nitrogens with zero attached hydrogens (tertiary/aromatic N) is 1. The summed E-state index contributed by atoms with van der Waals surface area (Å²) in [6.45, 7) is 4.52. The molecule has 1 amide bonds. The zero-order valence-corrected chi connectivity index (χ0v) is 10.6. The van der Waals surface area contributed by atoms with Gasteiger partial charge in [0, 0.05) is 32.1 Å². The van der Waals surface area contributed by atoms with E-state index in [0.29, 0.717) is 12.5 Å². The van der Waals surface area contributed by atoms with Crippen LogP contribution in [0.2, 0.25) is 0 Å². The van der Waals surface area contributed by atoms with Gasteiger partial charge in [0.25, 0.3) is 5.91 Å². The summed E-state index contributed by atoms with van der Waals surface area (Å²) in [6.07, 6.45) is 0.375. The highest BCUT2D eigenvalue weighted by atomic mass is 16.5. The van der Waals surface area contributed by atoms with E-state index in [0.717, 1.165) is 30.9 Å². The molecule has 1 aromatic rings. The van der Waals surface area contributed by atoms with E-state index < -0.39 is 0 Å². The van der Waals surface area contributed by atoms with Crippen LogP contribution in [-0.4, -0.2) is 42.6 Å². The summed E-state index contributed by atoms with van der Waals surface area (Å²) in [5.41, 5.74) is 1.14. The molecule has 0 unspecified atom stereocenters. The number of hydrogen-bond acceptors (Lipinski definition) is 3. The number of piperazine rings is 1. The number of para-hydroxylation sites is 1. The van der Waals surface area contributed by atoms with E-state index in [9.17, 15) is 4.79 Å². The Balaban J connectivity index is 1.68. The fraction of sp³-hybridized carbons (Fsp3) is 0.500. The number of carbonyl (C=O) groups excluding carboxylic acids is 1. The number of amides is 1. The highest BCUT2D eigenvalue weighted by molar-refractivity contribution is 5.82. The van der Waals surface area contributed by atoms with Crippen LogP contribution in [0, 0.1) is 0 Å². The third kappa shape index (κ3) is 2.08. The number of nitrogens with one attached hydrogen (secondary N) is 1. The number of carbonyl (C=O) groups is 1. The van der Waals surface area contributed by atoms with Gasteiger partial charge in [-0.1, -0.05) is 18.2 Å². The maximum absolute atomic E-state index is 12.4. The van der Waals surface area contributed by atoms with Crippen LogP contribution in [-0.2, 0) is 11.2 Å². The average Bonchev–Trinajstić information content (AvgIpc) is 2.81. The molecule has 3 rings (SSSR count). The van der Waals surface area contributed by atoms with Crippen molar-refractivity contribution >= 4 is 5.91 Å². The molecular formula is C14H18N2O2. The van der Waals surface area contributed by atoms with Gasteiger partial charge in [-0.3, -0.25) is 4.79 Å². The Labute approximate surface area is 107 Å². The number of ether oxygens (including phenoxy) is 1. The van der Waals surface area contributed by atoms with E-state index in [1.54, 1.807) is 0 Å². The van der Waals surface area contributed by atoms with Crippen molar-refractivity contribution in [1.82, 2.24) is 10.2 Å². The number of benzene rings is 1. The van der Waals surface area contributed by atoms with Crippen molar-refractivity contribution in [3.63, 3.8) is 0 Å². The molecule has 96 valence electrons. The Morgan fingerprint density at radius 1 is 1.44 bits per heavy atom. The molecule has 1 saturated heterocycles. The normalized spacial score (nSPS) is 26.6. The number of fused-ring (bicyclic) bond motifs is 1. The van der Waals surface area contributed by atoms with Crippen molar-refractivity contribution in [2.24, 2.45) is 0 Å². The van der Waals surface area contributed by atoms with Crippen LogP contribution in [0.5, 0.6) is 5.75 Å². The molecule has 1 N–H and O–H groups in total. The zero-order chi connectivity index (χ0) is 12.5. The third-order valence-electron chi connectivity index (χ3n) is 3.60. The summed E-state index contributed by atoms with van der Waals surface area (Å²) in [6, 6.07) is 8.26. The lowest BCUT2D eigenvalue weighted by Crippen LogP contribution is -2.54. The predicted octanol–water partition coefficient (Wildman–Crippen LogP) is 0.810. The molecule has 0 bridgehead atoms. The van der Waals surface area contributed by atoms with Crippen LogP contribution in [0.4, 0.5) is 0 Å². The zero-order valence-electron chi connectivity index (χ0n) is 10.6. The fourth-order valence-corrected chi connectivity index (χ4v) is 2.66. The minimum atomic E-state index is -0.326. The van der Waals surface area contributed by atoms with Gasteiger partial charge in [-0.2, -0.15) is 0 Å². The first-order chi connectivity index (χ1) is 8.74. The second-order valence-electron chi connectivity index (χ2n) is 5.06. The van der Waals surface area contributed by atoms with Crippen LogP contribution in [0.15, 0.2) is 24.3 Å². The Morgan fingerprint density at radius 3 is 3.06 bits per heavy atom. The van der Waals surface area contributed by atoms with E-state index >= 15 is 0 Å². The first kappa shape index (κ1) is 11.5. The molecule has 0 spiro atoms. The molecule has 4 heteroatoms. The Kier molecular flexibility index (Phi) is 2.96. The van der Waals surface area contributed by atoms with Gasteiger partial charge in [-0.25, -0.2) is 0 Å². The highest BCUT2D eigenvalue weighted by Crippen LogP contribution is 2.29. The lowest BCUT2D eigenvalue weighted by Gasteiger charge is -2.33. The predicted molar refractivity (Wildman–Crippen MR) is 68.6 cm³/mol. The largest absolute Gasteiger partial charge is 0.480 e. The third-order valence-corrected chi connectivity index (χ3v) is 3.60. The first-order valence-electron chi connectivity index (χ1n) is 6.51. The average molecular weight is 246 g/mol. The van der Waals surface area contributed by atoms with Crippen LogP contribution in [0.1, 0.15) is 12.5 Å². The smallest absolute Gasteiger partial charge is 0.264 e. The fourth-order valence-electron chi connectivity index (χ4n) is 2.66. The van der Waals surface area contributed by atoms with Gasteiger partial charge in [0.1, 0.15) is 5.75 Å². The quantitative estimate of drug-likeness (QED) is 0.797. The van der Waals surface area contributed by atoms with E-state index in [1.807, 2.05) is 29.2 Å². The molecular weight excluding hydrogens is 228 g/mol. The lowest BCUT2D eigenvalue weighted by atomic mass is 10.1. The first-order valence-corrected chi connectivity index (χ1v) is 6.51. The SMILES string of the molecule is C[C@@H]1CN(C(=O)[C@H]2Cc3ccccc3O2)CCN1. The molecule has 0 saturated carbocycles. The second kappa shape index (κ2) is 4.61. The number of rotatable bonds is 1. The summed E-state index contributed by atoms with van der Waals surface area (Å²) in [7, 11) is 0. The summed E-state index contributed by atoms with van der Waals surface area (Å²) in [5.74, 6) is 0.985. The summed E-state index contributed by atoms with van der Waals surface area (Å²) < 4.78 is 5.75. The Bertz CT molecular complexity index is 436.